The van der Waals surface area contributed by atoms with E-state index >= 15 is 0 Å². The van der Waals surface area contributed by atoms with E-state index in [4.69, 9.17) is 0 Å². The minimum absolute atomic E-state index is 0.928. The van der Waals surface area contributed by atoms with E-state index in [2.05, 4.69) is 29.5 Å². The standard InChI is InChI=1S/C10H16N2S/c1-3-6-11-8-9-5-4-7-12-10(9)13-2/h4-5,7,11H,3,6,8H2,1-2H3. The lowest BCUT2D eigenvalue weighted by Crippen LogP contribution is -2.14. The van der Waals surface area contributed by atoms with Crippen molar-refractivity contribution < 1.29 is 0 Å². The van der Waals surface area contributed by atoms with E-state index in [9.17, 15) is 0 Å². The third-order valence-corrected chi connectivity index (χ3v) is 2.54. The Kier molecular flexibility index (Phi) is 4.86. The van der Waals surface area contributed by atoms with Crippen LogP contribution in [0, 0.1) is 0 Å². The third-order valence-electron chi connectivity index (χ3n) is 1.79. The number of hydrogen-bond acceptors (Lipinski definition) is 3. The van der Waals surface area contributed by atoms with Crippen LogP contribution in [-0.2, 0) is 6.54 Å². The molecule has 0 fully saturated rings. The van der Waals surface area contributed by atoms with Crippen LogP contribution < -0.4 is 5.32 Å². The predicted molar refractivity (Wildman–Crippen MR) is 58.0 cm³/mol. The molecule has 0 aliphatic heterocycles. The first-order chi connectivity index (χ1) is 6.38. The van der Waals surface area contributed by atoms with Gasteiger partial charge >= 0.3 is 0 Å². The maximum atomic E-state index is 4.30. The van der Waals surface area contributed by atoms with Gasteiger partial charge in [-0.25, -0.2) is 4.98 Å². The summed E-state index contributed by atoms with van der Waals surface area (Å²) in [5.74, 6) is 0. The Balaban J connectivity index is 2.54. The van der Waals surface area contributed by atoms with Gasteiger partial charge in [0, 0.05) is 12.7 Å². The molecule has 1 rings (SSSR count). The van der Waals surface area contributed by atoms with Crippen LogP contribution in [0.25, 0.3) is 0 Å². The lowest BCUT2D eigenvalue weighted by molar-refractivity contribution is 0.665. The van der Waals surface area contributed by atoms with Crippen molar-refractivity contribution in [3.05, 3.63) is 23.9 Å². The fourth-order valence-corrected chi connectivity index (χ4v) is 1.71. The number of hydrogen-bond donors (Lipinski definition) is 1. The largest absolute Gasteiger partial charge is 0.313 e. The van der Waals surface area contributed by atoms with Crippen LogP contribution in [-0.4, -0.2) is 17.8 Å². The molecule has 0 amide bonds. The van der Waals surface area contributed by atoms with Gasteiger partial charge < -0.3 is 5.32 Å². The van der Waals surface area contributed by atoms with Crippen molar-refractivity contribution in [1.29, 1.82) is 0 Å². The van der Waals surface area contributed by atoms with Crippen LogP contribution >= 0.6 is 11.8 Å². The summed E-state index contributed by atoms with van der Waals surface area (Å²) in [7, 11) is 0. The molecule has 1 aromatic rings. The summed E-state index contributed by atoms with van der Waals surface area (Å²) in [6.45, 7) is 4.17. The molecule has 0 spiro atoms. The van der Waals surface area contributed by atoms with Crippen LogP contribution in [0.5, 0.6) is 0 Å². The number of pyridine rings is 1. The Morgan fingerprint density at radius 2 is 2.38 bits per heavy atom. The third kappa shape index (κ3) is 3.36. The lowest BCUT2D eigenvalue weighted by atomic mass is 10.3. The van der Waals surface area contributed by atoms with Crippen molar-refractivity contribution in [3.63, 3.8) is 0 Å². The van der Waals surface area contributed by atoms with Crippen molar-refractivity contribution in [2.24, 2.45) is 0 Å². The molecule has 0 saturated carbocycles. The average molecular weight is 196 g/mol. The Bertz CT molecular complexity index is 250. The second kappa shape index (κ2) is 6.00. The molecule has 1 heterocycles. The first-order valence-electron chi connectivity index (χ1n) is 4.57. The summed E-state index contributed by atoms with van der Waals surface area (Å²) < 4.78 is 0. The summed E-state index contributed by atoms with van der Waals surface area (Å²) in [4.78, 5) is 4.30. The van der Waals surface area contributed by atoms with Gasteiger partial charge in [-0.05, 0) is 30.9 Å². The fourth-order valence-electron chi connectivity index (χ4n) is 1.14. The zero-order valence-corrected chi connectivity index (χ0v) is 9.03. The zero-order chi connectivity index (χ0) is 9.52. The van der Waals surface area contributed by atoms with Crippen LogP contribution in [0.3, 0.4) is 0 Å². The first-order valence-corrected chi connectivity index (χ1v) is 5.79. The van der Waals surface area contributed by atoms with Crippen LogP contribution in [0.2, 0.25) is 0 Å². The van der Waals surface area contributed by atoms with E-state index in [0.717, 1.165) is 18.1 Å². The van der Waals surface area contributed by atoms with Gasteiger partial charge in [-0.2, -0.15) is 0 Å². The maximum absolute atomic E-state index is 4.30. The normalized spacial score (nSPS) is 10.3. The van der Waals surface area contributed by atoms with E-state index < -0.39 is 0 Å². The minimum Gasteiger partial charge on any atom is -0.313 e. The summed E-state index contributed by atoms with van der Waals surface area (Å²) in [5, 5.41) is 4.50. The van der Waals surface area contributed by atoms with Crippen molar-refractivity contribution in [2.45, 2.75) is 24.9 Å². The monoisotopic (exact) mass is 196 g/mol. The highest BCUT2D eigenvalue weighted by Crippen LogP contribution is 2.16. The van der Waals surface area contributed by atoms with Gasteiger partial charge in [0.25, 0.3) is 0 Å². The molecule has 2 nitrogen and oxygen atoms in total. The molecule has 13 heavy (non-hydrogen) atoms. The van der Waals surface area contributed by atoms with E-state index in [1.807, 2.05) is 12.3 Å². The molecule has 0 unspecified atom stereocenters. The van der Waals surface area contributed by atoms with Gasteiger partial charge in [-0.1, -0.05) is 13.0 Å². The Morgan fingerprint density at radius 3 is 3.08 bits per heavy atom. The van der Waals surface area contributed by atoms with Crippen molar-refractivity contribution in [3.8, 4) is 0 Å². The molecule has 0 radical (unpaired) electrons. The summed E-state index contributed by atoms with van der Waals surface area (Å²) in [6, 6.07) is 4.12. The molecule has 0 aromatic carbocycles. The Labute approximate surface area is 84.1 Å². The molecule has 3 heteroatoms. The molecule has 0 aliphatic rings. The SMILES string of the molecule is CCCNCc1cccnc1SC. The van der Waals surface area contributed by atoms with Crippen molar-refractivity contribution in [2.75, 3.05) is 12.8 Å². The molecule has 1 aromatic heterocycles. The molecule has 1 N–H and O–H groups in total. The van der Waals surface area contributed by atoms with Crippen molar-refractivity contribution in [1.82, 2.24) is 10.3 Å². The van der Waals surface area contributed by atoms with Crippen LogP contribution in [0.15, 0.2) is 23.4 Å². The Morgan fingerprint density at radius 1 is 1.54 bits per heavy atom. The number of thioether (sulfide) groups is 1. The smallest absolute Gasteiger partial charge is 0.100 e. The predicted octanol–water partition coefficient (Wildman–Crippen LogP) is 2.30. The van der Waals surface area contributed by atoms with Crippen molar-refractivity contribution >= 4 is 11.8 Å². The molecule has 0 saturated heterocycles. The Hall–Kier alpha value is -0.540. The second-order valence-corrected chi connectivity index (χ2v) is 3.64. The molecular formula is C10H16N2S. The molecule has 72 valence electrons. The highest BCUT2D eigenvalue weighted by Gasteiger charge is 1.99. The van der Waals surface area contributed by atoms with Crippen LogP contribution in [0.1, 0.15) is 18.9 Å². The average Bonchev–Trinajstić information content (AvgIpc) is 2.19. The molecule has 0 atom stereocenters. The van der Waals surface area contributed by atoms with Gasteiger partial charge in [0.1, 0.15) is 5.03 Å². The number of nitrogens with zero attached hydrogens (tertiary/aromatic N) is 1. The fraction of sp³-hybridized carbons (Fsp3) is 0.500. The maximum Gasteiger partial charge on any atom is 0.100 e. The number of rotatable bonds is 5. The quantitative estimate of drug-likeness (QED) is 0.578. The molecular weight excluding hydrogens is 180 g/mol. The van der Waals surface area contributed by atoms with Gasteiger partial charge in [-0.3, -0.25) is 0 Å². The summed E-state index contributed by atoms with van der Waals surface area (Å²) >= 11 is 1.70. The number of aromatic nitrogens is 1. The minimum atomic E-state index is 0.928. The summed E-state index contributed by atoms with van der Waals surface area (Å²) in [5.41, 5.74) is 1.29. The zero-order valence-electron chi connectivity index (χ0n) is 8.21. The highest BCUT2D eigenvalue weighted by atomic mass is 32.2. The van der Waals surface area contributed by atoms with E-state index in [1.165, 1.54) is 12.0 Å². The number of nitrogens with one attached hydrogen (secondary N) is 1. The van der Waals surface area contributed by atoms with E-state index in [0.29, 0.717) is 0 Å². The van der Waals surface area contributed by atoms with E-state index in [1.54, 1.807) is 11.8 Å². The first kappa shape index (κ1) is 10.5. The van der Waals surface area contributed by atoms with Crippen LogP contribution in [0.4, 0.5) is 0 Å². The van der Waals surface area contributed by atoms with E-state index in [-0.39, 0.29) is 0 Å². The topological polar surface area (TPSA) is 24.9 Å². The molecule has 0 aliphatic carbocycles. The van der Waals surface area contributed by atoms with Gasteiger partial charge in [-0.15, -0.1) is 11.8 Å². The second-order valence-electron chi connectivity index (χ2n) is 2.85. The van der Waals surface area contributed by atoms with Gasteiger partial charge in [0.05, 0.1) is 0 Å². The molecule has 0 bridgehead atoms. The highest BCUT2D eigenvalue weighted by molar-refractivity contribution is 7.98. The summed E-state index contributed by atoms with van der Waals surface area (Å²) in [6.07, 6.45) is 5.08. The van der Waals surface area contributed by atoms with Gasteiger partial charge in [0.2, 0.25) is 0 Å². The van der Waals surface area contributed by atoms with Gasteiger partial charge in [0.15, 0.2) is 0 Å². The lowest BCUT2D eigenvalue weighted by Gasteiger charge is -2.06.